The average Bonchev–Trinajstić information content (AvgIpc) is 2.29. The summed E-state index contributed by atoms with van der Waals surface area (Å²) < 4.78 is 18.4. The number of halogens is 1. The standard InChI is InChI=1S/C13H18FNO2/c1-4-15(10(2)9-17-3)13-6-11(8-16)5-12(14)7-13/h5-8,10H,4,9H2,1-3H3. The summed E-state index contributed by atoms with van der Waals surface area (Å²) in [4.78, 5) is 12.7. The van der Waals surface area contributed by atoms with E-state index in [-0.39, 0.29) is 6.04 Å². The molecule has 0 saturated heterocycles. The number of ether oxygens (including phenoxy) is 1. The van der Waals surface area contributed by atoms with Gasteiger partial charge in [-0.1, -0.05) is 0 Å². The number of hydrogen-bond donors (Lipinski definition) is 0. The Bertz CT molecular complexity index is 382. The maximum absolute atomic E-state index is 13.3. The molecular formula is C13H18FNO2. The van der Waals surface area contributed by atoms with E-state index in [0.29, 0.717) is 24.1 Å². The molecular weight excluding hydrogens is 221 g/mol. The van der Waals surface area contributed by atoms with Crippen LogP contribution in [0.2, 0.25) is 0 Å². The van der Waals surface area contributed by atoms with Crippen molar-refractivity contribution >= 4 is 12.0 Å². The normalized spacial score (nSPS) is 12.2. The lowest BCUT2D eigenvalue weighted by Crippen LogP contribution is -2.36. The van der Waals surface area contributed by atoms with E-state index in [0.717, 1.165) is 6.54 Å². The lowest BCUT2D eigenvalue weighted by Gasteiger charge is -2.30. The van der Waals surface area contributed by atoms with Gasteiger partial charge in [0.15, 0.2) is 0 Å². The van der Waals surface area contributed by atoms with Gasteiger partial charge in [-0.05, 0) is 32.0 Å². The summed E-state index contributed by atoms with van der Waals surface area (Å²) in [6.45, 7) is 5.27. The van der Waals surface area contributed by atoms with Crippen LogP contribution in [0.3, 0.4) is 0 Å². The molecule has 4 heteroatoms. The summed E-state index contributed by atoms with van der Waals surface area (Å²) in [7, 11) is 1.63. The van der Waals surface area contributed by atoms with Crippen molar-refractivity contribution in [2.24, 2.45) is 0 Å². The molecule has 0 spiro atoms. The number of carbonyl (C=O) groups is 1. The van der Waals surface area contributed by atoms with Crippen LogP contribution in [0.1, 0.15) is 24.2 Å². The number of hydrogen-bond acceptors (Lipinski definition) is 3. The molecule has 0 radical (unpaired) electrons. The predicted octanol–water partition coefficient (Wildman–Crippen LogP) is 2.50. The lowest BCUT2D eigenvalue weighted by atomic mass is 10.1. The fourth-order valence-electron chi connectivity index (χ4n) is 1.91. The SMILES string of the molecule is CCN(c1cc(F)cc(C=O)c1)C(C)COC. The Kier molecular flexibility index (Phi) is 5.10. The van der Waals surface area contributed by atoms with Crippen molar-refractivity contribution < 1.29 is 13.9 Å². The van der Waals surface area contributed by atoms with Crippen LogP contribution < -0.4 is 4.90 Å². The summed E-state index contributed by atoms with van der Waals surface area (Å²) in [5.74, 6) is -0.396. The van der Waals surface area contributed by atoms with Gasteiger partial charge in [0.1, 0.15) is 12.1 Å². The number of aldehydes is 1. The summed E-state index contributed by atoms with van der Waals surface area (Å²) in [5.41, 5.74) is 1.06. The van der Waals surface area contributed by atoms with Gasteiger partial charge in [0.05, 0.1) is 6.61 Å². The average molecular weight is 239 g/mol. The third-order valence-corrected chi connectivity index (χ3v) is 2.65. The first-order chi connectivity index (χ1) is 8.12. The first kappa shape index (κ1) is 13.6. The zero-order valence-electron chi connectivity index (χ0n) is 10.4. The third-order valence-electron chi connectivity index (χ3n) is 2.65. The zero-order chi connectivity index (χ0) is 12.8. The van der Waals surface area contributed by atoms with Crippen molar-refractivity contribution in [1.29, 1.82) is 0 Å². The van der Waals surface area contributed by atoms with Crippen molar-refractivity contribution in [2.75, 3.05) is 25.2 Å². The van der Waals surface area contributed by atoms with Crippen molar-refractivity contribution in [1.82, 2.24) is 0 Å². The Morgan fingerprint density at radius 1 is 1.47 bits per heavy atom. The summed E-state index contributed by atoms with van der Waals surface area (Å²) >= 11 is 0. The highest BCUT2D eigenvalue weighted by atomic mass is 19.1. The van der Waals surface area contributed by atoms with Crippen molar-refractivity contribution in [3.8, 4) is 0 Å². The molecule has 0 aliphatic rings. The second kappa shape index (κ2) is 6.35. The first-order valence-corrected chi connectivity index (χ1v) is 5.63. The second-order valence-electron chi connectivity index (χ2n) is 3.95. The number of methoxy groups -OCH3 is 1. The lowest BCUT2D eigenvalue weighted by molar-refractivity contribution is 0.112. The van der Waals surface area contributed by atoms with Gasteiger partial charge in [0.25, 0.3) is 0 Å². The monoisotopic (exact) mass is 239 g/mol. The maximum Gasteiger partial charge on any atom is 0.150 e. The van der Waals surface area contributed by atoms with Gasteiger partial charge < -0.3 is 9.64 Å². The molecule has 1 unspecified atom stereocenters. The molecule has 94 valence electrons. The third kappa shape index (κ3) is 3.53. The van der Waals surface area contributed by atoms with Crippen LogP contribution in [0.4, 0.5) is 10.1 Å². The van der Waals surface area contributed by atoms with Crippen LogP contribution >= 0.6 is 0 Å². The Balaban J connectivity index is 3.02. The molecule has 0 N–H and O–H groups in total. The van der Waals surface area contributed by atoms with E-state index in [1.807, 2.05) is 18.7 Å². The van der Waals surface area contributed by atoms with Gasteiger partial charge in [-0.25, -0.2) is 4.39 Å². The highest BCUT2D eigenvalue weighted by molar-refractivity contribution is 5.77. The summed E-state index contributed by atoms with van der Waals surface area (Å²) in [6, 6.07) is 4.48. The smallest absolute Gasteiger partial charge is 0.150 e. The molecule has 0 bridgehead atoms. The highest BCUT2D eigenvalue weighted by Gasteiger charge is 2.14. The van der Waals surface area contributed by atoms with E-state index >= 15 is 0 Å². The Labute approximate surface area is 101 Å². The molecule has 1 rings (SSSR count). The second-order valence-corrected chi connectivity index (χ2v) is 3.95. The number of rotatable bonds is 6. The molecule has 0 amide bonds. The first-order valence-electron chi connectivity index (χ1n) is 5.63. The largest absolute Gasteiger partial charge is 0.383 e. The van der Waals surface area contributed by atoms with E-state index in [2.05, 4.69) is 0 Å². The van der Waals surface area contributed by atoms with Crippen LogP contribution in [0.25, 0.3) is 0 Å². The van der Waals surface area contributed by atoms with Gasteiger partial charge in [0, 0.05) is 30.9 Å². The van der Waals surface area contributed by atoms with Crippen molar-refractivity contribution in [2.45, 2.75) is 19.9 Å². The number of likely N-dealkylation sites (N-methyl/N-ethyl adjacent to an activating group) is 1. The molecule has 17 heavy (non-hydrogen) atoms. The van der Waals surface area contributed by atoms with E-state index in [4.69, 9.17) is 4.74 Å². The minimum atomic E-state index is -0.396. The van der Waals surface area contributed by atoms with E-state index in [1.54, 1.807) is 13.2 Å². The number of nitrogens with zero attached hydrogens (tertiary/aromatic N) is 1. The number of benzene rings is 1. The Morgan fingerprint density at radius 3 is 2.71 bits per heavy atom. The minimum absolute atomic E-state index is 0.131. The molecule has 1 aromatic rings. The molecule has 1 atom stereocenters. The molecule has 0 aromatic heterocycles. The van der Waals surface area contributed by atoms with Gasteiger partial charge in [-0.2, -0.15) is 0 Å². The maximum atomic E-state index is 13.3. The van der Waals surface area contributed by atoms with Gasteiger partial charge >= 0.3 is 0 Å². The summed E-state index contributed by atoms with van der Waals surface area (Å²) in [6.07, 6.45) is 0.654. The fraction of sp³-hybridized carbons (Fsp3) is 0.462. The van der Waals surface area contributed by atoms with Crippen LogP contribution in [0, 0.1) is 5.82 Å². The van der Waals surface area contributed by atoms with Crippen LogP contribution in [-0.4, -0.2) is 32.6 Å². The van der Waals surface area contributed by atoms with Gasteiger partial charge in [-0.15, -0.1) is 0 Å². The van der Waals surface area contributed by atoms with Crippen molar-refractivity contribution in [3.05, 3.63) is 29.6 Å². The fourth-order valence-corrected chi connectivity index (χ4v) is 1.91. The van der Waals surface area contributed by atoms with E-state index in [9.17, 15) is 9.18 Å². The highest BCUT2D eigenvalue weighted by Crippen LogP contribution is 2.20. The predicted molar refractivity (Wildman–Crippen MR) is 66.1 cm³/mol. The summed E-state index contributed by atoms with van der Waals surface area (Å²) in [5, 5.41) is 0. The number of anilines is 1. The molecule has 0 saturated carbocycles. The molecule has 0 heterocycles. The quantitative estimate of drug-likeness (QED) is 0.714. The van der Waals surface area contributed by atoms with Gasteiger partial charge in [0.2, 0.25) is 0 Å². The topological polar surface area (TPSA) is 29.5 Å². The molecule has 3 nitrogen and oxygen atoms in total. The van der Waals surface area contributed by atoms with Crippen LogP contribution in [-0.2, 0) is 4.74 Å². The molecule has 0 aliphatic heterocycles. The van der Waals surface area contributed by atoms with E-state index in [1.165, 1.54) is 12.1 Å². The van der Waals surface area contributed by atoms with Crippen LogP contribution in [0.15, 0.2) is 18.2 Å². The zero-order valence-corrected chi connectivity index (χ0v) is 10.4. The molecule has 1 aromatic carbocycles. The minimum Gasteiger partial charge on any atom is -0.383 e. The van der Waals surface area contributed by atoms with Crippen LogP contribution in [0.5, 0.6) is 0 Å². The van der Waals surface area contributed by atoms with Crippen molar-refractivity contribution in [3.63, 3.8) is 0 Å². The van der Waals surface area contributed by atoms with Gasteiger partial charge in [-0.3, -0.25) is 4.79 Å². The molecule has 0 fully saturated rings. The Hall–Kier alpha value is -1.42. The number of carbonyl (C=O) groups excluding carboxylic acids is 1. The Morgan fingerprint density at radius 2 is 2.18 bits per heavy atom. The molecule has 0 aliphatic carbocycles. The van der Waals surface area contributed by atoms with E-state index < -0.39 is 5.82 Å².